The van der Waals surface area contributed by atoms with Gasteiger partial charge in [-0.2, -0.15) is 0 Å². The number of nitro benzene ring substituents is 1. The second-order valence-electron chi connectivity index (χ2n) is 5.92. The molecule has 136 valence electrons. The Bertz CT molecular complexity index is 1050. The first-order chi connectivity index (χ1) is 13.0. The molecule has 1 fully saturated rings. The normalized spacial score (nSPS) is 14.0. The molecule has 1 N–H and O–H groups in total. The molecule has 2 amide bonds. The highest BCUT2D eigenvalue weighted by atomic mass is 32.1. The average molecular weight is 384 g/mol. The Morgan fingerprint density at radius 1 is 1.30 bits per heavy atom. The third kappa shape index (κ3) is 3.31. The van der Waals surface area contributed by atoms with Crippen molar-refractivity contribution in [2.75, 3.05) is 18.4 Å². The van der Waals surface area contributed by atoms with E-state index in [4.69, 9.17) is 0 Å². The minimum absolute atomic E-state index is 0.0267. The van der Waals surface area contributed by atoms with E-state index in [9.17, 15) is 19.7 Å². The van der Waals surface area contributed by atoms with E-state index in [2.05, 4.69) is 20.3 Å². The summed E-state index contributed by atoms with van der Waals surface area (Å²) in [6, 6.07) is 4.34. The molecule has 10 nitrogen and oxygen atoms in total. The summed E-state index contributed by atoms with van der Waals surface area (Å²) >= 11 is 1.17. The van der Waals surface area contributed by atoms with E-state index >= 15 is 0 Å². The highest BCUT2D eigenvalue weighted by Gasteiger charge is 2.36. The van der Waals surface area contributed by atoms with Crippen LogP contribution in [-0.2, 0) is 4.79 Å². The van der Waals surface area contributed by atoms with Crippen LogP contribution in [0.3, 0.4) is 0 Å². The van der Waals surface area contributed by atoms with Gasteiger partial charge in [0.15, 0.2) is 5.13 Å². The van der Waals surface area contributed by atoms with E-state index in [1.165, 1.54) is 47.0 Å². The molecule has 0 aliphatic carbocycles. The molecule has 0 atom stereocenters. The summed E-state index contributed by atoms with van der Waals surface area (Å²) in [6.45, 7) is 0.579. The van der Waals surface area contributed by atoms with Crippen LogP contribution in [0.2, 0.25) is 0 Å². The van der Waals surface area contributed by atoms with Gasteiger partial charge in [-0.25, -0.2) is 9.97 Å². The molecule has 1 aromatic carbocycles. The number of fused-ring (bicyclic) bond motifs is 1. The van der Waals surface area contributed by atoms with Crippen molar-refractivity contribution >= 4 is 44.2 Å². The van der Waals surface area contributed by atoms with Crippen molar-refractivity contribution in [2.45, 2.75) is 0 Å². The summed E-state index contributed by atoms with van der Waals surface area (Å²) in [6.07, 6.45) is 4.31. The first-order valence-electron chi connectivity index (χ1n) is 7.92. The minimum Gasteiger partial charge on any atom is -0.336 e. The first-order valence-corrected chi connectivity index (χ1v) is 8.74. The van der Waals surface area contributed by atoms with Gasteiger partial charge in [-0.1, -0.05) is 11.3 Å². The summed E-state index contributed by atoms with van der Waals surface area (Å²) in [5.41, 5.74) is 0.791. The van der Waals surface area contributed by atoms with Gasteiger partial charge in [0.1, 0.15) is 5.69 Å². The summed E-state index contributed by atoms with van der Waals surface area (Å²) in [7, 11) is 0. The van der Waals surface area contributed by atoms with Gasteiger partial charge in [0, 0.05) is 37.6 Å². The topological polar surface area (TPSA) is 131 Å². The second kappa shape index (κ2) is 6.68. The molecule has 4 rings (SSSR count). The lowest BCUT2D eigenvalue weighted by molar-refractivity contribution is -0.384. The van der Waals surface area contributed by atoms with Crippen molar-refractivity contribution in [2.24, 2.45) is 5.92 Å². The van der Waals surface area contributed by atoms with E-state index in [1.807, 2.05) is 0 Å². The van der Waals surface area contributed by atoms with Crippen LogP contribution in [-0.4, -0.2) is 49.7 Å². The molecule has 27 heavy (non-hydrogen) atoms. The summed E-state index contributed by atoms with van der Waals surface area (Å²) in [4.78, 5) is 48.5. The fourth-order valence-electron chi connectivity index (χ4n) is 2.67. The molecule has 0 radical (unpaired) electrons. The predicted molar refractivity (Wildman–Crippen MR) is 96.3 cm³/mol. The quantitative estimate of drug-likeness (QED) is 0.535. The number of non-ortho nitro benzene ring substituents is 1. The maximum absolute atomic E-state index is 12.3. The van der Waals surface area contributed by atoms with Crippen molar-refractivity contribution in [3.05, 3.63) is 52.6 Å². The van der Waals surface area contributed by atoms with Crippen molar-refractivity contribution in [3.8, 4) is 0 Å². The fourth-order valence-corrected chi connectivity index (χ4v) is 3.57. The minimum atomic E-state index is -0.478. The Balaban J connectivity index is 1.38. The van der Waals surface area contributed by atoms with Crippen molar-refractivity contribution in [3.63, 3.8) is 0 Å². The second-order valence-corrected chi connectivity index (χ2v) is 6.95. The van der Waals surface area contributed by atoms with Crippen molar-refractivity contribution in [1.82, 2.24) is 19.9 Å². The molecule has 0 bridgehead atoms. The lowest BCUT2D eigenvalue weighted by Gasteiger charge is -2.37. The summed E-state index contributed by atoms with van der Waals surface area (Å²) in [5, 5.41) is 13.9. The van der Waals surface area contributed by atoms with Gasteiger partial charge < -0.3 is 10.2 Å². The van der Waals surface area contributed by atoms with E-state index in [-0.39, 0.29) is 42.2 Å². The van der Waals surface area contributed by atoms with Crippen LogP contribution >= 0.6 is 11.3 Å². The van der Waals surface area contributed by atoms with E-state index in [0.29, 0.717) is 15.3 Å². The zero-order valence-corrected chi connectivity index (χ0v) is 14.5. The number of anilines is 1. The van der Waals surface area contributed by atoms with E-state index < -0.39 is 4.92 Å². The molecular formula is C16H12N6O4S. The maximum Gasteiger partial charge on any atom is 0.274 e. The van der Waals surface area contributed by atoms with Gasteiger partial charge >= 0.3 is 0 Å². The van der Waals surface area contributed by atoms with Gasteiger partial charge in [-0.15, -0.1) is 0 Å². The molecule has 1 aliphatic rings. The Labute approximate surface area is 156 Å². The average Bonchev–Trinajstić information content (AvgIpc) is 3.02. The number of thiazole rings is 1. The largest absolute Gasteiger partial charge is 0.336 e. The number of amides is 2. The number of rotatable bonds is 4. The molecular weight excluding hydrogens is 372 g/mol. The Kier molecular flexibility index (Phi) is 4.20. The molecule has 1 saturated heterocycles. The van der Waals surface area contributed by atoms with Crippen molar-refractivity contribution < 1.29 is 14.5 Å². The number of nitro groups is 1. The number of nitrogens with one attached hydrogen (secondary N) is 1. The molecule has 3 heterocycles. The van der Waals surface area contributed by atoms with Crippen LogP contribution < -0.4 is 5.32 Å². The number of carbonyl (C=O) groups is 2. The first kappa shape index (κ1) is 17.0. The van der Waals surface area contributed by atoms with E-state index in [1.54, 1.807) is 6.07 Å². The molecule has 0 saturated carbocycles. The standard InChI is InChI=1S/C16H12N6O4S/c23-14(9-7-21(8-9)15(24)12-6-17-3-4-18-12)20-16-19-11-2-1-10(22(25)26)5-13(11)27-16/h1-6,9H,7-8H2,(H,19,20,23). The molecule has 0 unspecified atom stereocenters. The highest BCUT2D eigenvalue weighted by Crippen LogP contribution is 2.30. The number of benzene rings is 1. The van der Waals surface area contributed by atoms with Crippen LogP contribution in [0, 0.1) is 16.0 Å². The SMILES string of the molecule is O=C(Nc1nc2ccc([N+](=O)[O-])cc2s1)C1CN(C(=O)c2cnccn2)C1. The fraction of sp³-hybridized carbons (Fsp3) is 0.188. The van der Waals surface area contributed by atoms with Crippen LogP contribution in [0.25, 0.3) is 10.2 Å². The molecule has 2 aromatic heterocycles. The van der Waals surface area contributed by atoms with Crippen LogP contribution in [0.5, 0.6) is 0 Å². The zero-order valence-electron chi connectivity index (χ0n) is 13.7. The van der Waals surface area contributed by atoms with E-state index in [0.717, 1.165) is 0 Å². The summed E-state index contributed by atoms with van der Waals surface area (Å²) in [5.74, 6) is -0.849. The number of hydrogen-bond acceptors (Lipinski definition) is 8. The molecule has 1 aliphatic heterocycles. The third-order valence-corrected chi connectivity index (χ3v) is 5.07. The number of hydrogen-bond donors (Lipinski definition) is 1. The van der Waals surface area contributed by atoms with Crippen LogP contribution in [0.1, 0.15) is 10.5 Å². The van der Waals surface area contributed by atoms with Gasteiger partial charge in [0.05, 0.1) is 27.3 Å². The Hall–Kier alpha value is -3.47. The number of aromatic nitrogens is 3. The number of carbonyl (C=O) groups excluding carboxylic acids is 2. The Morgan fingerprint density at radius 2 is 2.11 bits per heavy atom. The van der Waals surface area contributed by atoms with Crippen LogP contribution in [0.15, 0.2) is 36.8 Å². The van der Waals surface area contributed by atoms with Gasteiger partial charge in [-0.3, -0.25) is 24.7 Å². The molecule has 3 aromatic rings. The van der Waals surface area contributed by atoms with Gasteiger partial charge in [0.25, 0.3) is 11.6 Å². The molecule has 11 heteroatoms. The van der Waals surface area contributed by atoms with Gasteiger partial charge in [-0.05, 0) is 6.07 Å². The zero-order chi connectivity index (χ0) is 19.0. The maximum atomic E-state index is 12.3. The van der Waals surface area contributed by atoms with Crippen LogP contribution in [0.4, 0.5) is 10.8 Å². The number of nitrogens with zero attached hydrogens (tertiary/aromatic N) is 5. The monoisotopic (exact) mass is 384 g/mol. The third-order valence-electron chi connectivity index (χ3n) is 4.13. The van der Waals surface area contributed by atoms with Gasteiger partial charge in [0.2, 0.25) is 5.91 Å². The Morgan fingerprint density at radius 3 is 2.81 bits per heavy atom. The van der Waals surface area contributed by atoms with Crippen molar-refractivity contribution in [1.29, 1.82) is 0 Å². The lowest BCUT2D eigenvalue weighted by Crippen LogP contribution is -2.54. The number of likely N-dealkylation sites (tertiary alicyclic amines) is 1. The summed E-state index contributed by atoms with van der Waals surface area (Å²) < 4.78 is 0.618. The smallest absolute Gasteiger partial charge is 0.274 e. The predicted octanol–water partition coefficient (Wildman–Crippen LogP) is 1.71. The molecule has 0 spiro atoms. The highest BCUT2D eigenvalue weighted by molar-refractivity contribution is 7.22. The lowest BCUT2D eigenvalue weighted by atomic mass is 9.99.